The summed E-state index contributed by atoms with van der Waals surface area (Å²) in [7, 11) is 3.97. The number of benzene rings is 1. The first-order valence-electron chi connectivity index (χ1n) is 15.0. The number of hydrogen-bond donors (Lipinski definition) is 1. The zero-order valence-corrected chi connectivity index (χ0v) is 28.9. The minimum atomic E-state index is -1.09. The molecule has 10 heteroatoms. The third kappa shape index (κ3) is 10.4. The van der Waals surface area contributed by atoms with E-state index in [9.17, 15) is 19.5 Å². The van der Waals surface area contributed by atoms with E-state index in [1.54, 1.807) is 25.3 Å². The molecule has 0 aliphatic carbocycles. The fraction of sp³-hybridized carbons (Fsp3) is 0.606. The van der Waals surface area contributed by atoms with E-state index in [1.165, 1.54) is 4.57 Å². The summed E-state index contributed by atoms with van der Waals surface area (Å²) in [5.74, 6) is -2.53. The fourth-order valence-electron chi connectivity index (χ4n) is 5.99. The summed E-state index contributed by atoms with van der Waals surface area (Å²) in [5, 5.41) is 9.79. The third-order valence-corrected chi connectivity index (χ3v) is 8.34. The van der Waals surface area contributed by atoms with Crippen LogP contribution in [0.15, 0.2) is 29.2 Å². The molecule has 1 N–H and O–H groups in total. The lowest BCUT2D eigenvalue weighted by Gasteiger charge is -2.36. The normalized spacial score (nSPS) is 16.4. The Hall–Kier alpha value is -2.30. The van der Waals surface area contributed by atoms with E-state index in [0.29, 0.717) is 18.0 Å². The van der Waals surface area contributed by atoms with Gasteiger partial charge in [-0.1, -0.05) is 13.8 Å². The number of aryl methyl sites for hydroxylation is 2. The van der Waals surface area contributed by atoms with E-state index in [2.05, 4.69) is 16.7 Å². The molecule has 7 nitrogen and oxygen atoms in total. The Labute approximate surface area is 270 Å². The van der Waals surface area contributed by atoms with Crippen molar-refractivity contribution in [2.45, 2.75) is 97.6 Å². The molecule has 3 atom stereocenters. The Kier molecular flexibility index (Phi) is 15.5. The van der Waals surface area contributed by atoms with Gasteiger partial charge in [0.2, 0.25) is 0 Å². The zero-order valence-electron chi connectivity index (χ0n) is 26.9. The SMILES string of the molecule is Cc1cc(=O)n(C(CC(C)C)C(=O)C[C@@H](CC(=O)O)c2cc(N3CCCC[C@@H]3C)cc(C)c2F)cc1CCN(C)C.S.S. The van der Waals surface area contributed by atoms with Gasteiger partial charge in [-0.3, -0.25) is 14.4 Å². The molecule has 0 radical (unpaired) electrons. The highest BCUT2D eigenvalue weighted by atomic mass is 32.1. The van der Waals surface area contributed by atoms with Crippen molar-refractivity contribution in [1.82, 2.24) is 9.47 Å². The molecule has 1 aromatic carbocycles. The largest absolute Gasteiger partial charge is 0.481 e. The lowest BCUT2D eigenvalue weighted by Crippen LogP contribution is -2.37. The molecule has 3 rings (SSSR count). The monoisotopic (exact) mass is 637 g/mol. The van der Waals surface area contributed by atoms with Gasteiger partial charge in [-0.15, -0.1) is 0 Å². The lowest BCUT2D eigenvalue weighted by atomic mass is 9.85. The van der Waals surface area contributed by atoms with Crippen LogP contribution in [0.1, 0.15) is 93.5 Å². The number of likely N-dealkylation sites (N-methyl/N-ethyl adjacent to an activating group) is 1. The van der Waals surface area contributed by atoms with Crippen molar-refractivity contribution in [1.29, 1.82) is 0 Å². The summed E-state index contributed by atoms with van der Waals surface area (Å²) in [6, 6.07) is 4.69. The van der Waals surface area contributed by atoms with E-state index in [1.807, 2.05) is 40.9 Å². The fourth-order valence-corrected chi connectivity index (χ4v) is 5.99. The number of halogens is 1. The van der Waals surface area contributed by atoms with Crippen LogP contribution in [0.2, 0.25) is 0 Å². The maximum atomic E-state index is 15.7. The van der Waals surface area contributed by atoms with Gasteiger partial charge in [0, 0.05) is 49.4 Å². The van der Waals surface area contributed by atoms with Crippen LogP contribution in [0.4, 0.5) is 10.1 Å². The summed E-state index contributed by atoms with van der Waals surface area (Å²) in [6.07, 6.45) is 5.66. The minimum absolute atomic E-state index is 0. The summed E-state index contributed by atoms with van der Waals surface area (Å²) in [5.41, 5.74) is 3.19. The number of pyridine rings is 1. The number of hydrogen-bond acceptors (Lipinski definition) is 5. The number of rotatable bonds is 13. The molecule has 1 unspecified atom stereocenters. The van der Waals surface area contributed by atoms with Crippen LogP contribution in [0.25, 0.3) is 0 Å². The molecule has 43 heavy (non-hydrogen) atoms. The second-order valence-electron chi connectivity index (χ2n) is 12.6. The van der Waals surface area contributed by atoms with Crippen LogP contribution in [-0.2, 0) is 16.0 Å². The first-order valence-corrected chi connectivity index (χ1v) is 15.0. The lowest BCUT2D eigenvalue weighted by molar-refractivity contribution is -0.137. The van der Waals surface area contributed by atoms with Gasteiger partial charge in [0.25, 0.3) is 5.56 Å². The van der Waals surface area contributed by atoms with Crippen molar-refractivity contribution in [2.75, 3.05) is 32.1 Å². The van der Waals surface area contributed by atoms with Crippen LogP contribution >= 0.6 is 27.0 Å². The van der Waals surface area contributed by atoms with Gasteiger partial charge >= 0.3 is 5.97 Å². The molecular formula is C33H52FN3O4S2. The number of ketones is 1. The van der Waals surface area contributed by atoms with Gasteiger partial charge in [0.15, 0.2) is 5.78 Å². The maximum Gasteiger partial charge on any atom is 0.303 e. The number of carbonyl (C=O) groups is 2. The number of anilines is 1. The summed E-state index contributed by atoms with van der Waals surface area (Å²) >= 11 is 0. The molecule has 1 fully saturated rings. The van der Waals surface area contributed by atoms with Crippen molar-refractivity contribution >= 4 is 44.4 Å². The van der Waals surface area contributed by atoms with Gasteiger partial charge in [-0.05, 0) is 107 Å². The van der Waals surface area contributed by atoms with Crippen molar-refractivity contribution < 1.29 is 19.1 Å². The zero-order chi connectivity index (χ0) is 30.4. The molecule has 242 valence electrons. The van der Waals surface area contributed by atoms with Crippen LogP contribution in [-0.4, -0.2) is 59.6 Å². The number of Topliss-reactive ketones (excluding diaryl/α,β-unsaturated/α-hetero) is 1. The van der Waals surface area contributed by atoms with E-state index in [0.717, 1.165) is 55.6 Å². The highest BCUT2D eigenvalue weighted by molar-refractivity contribution is 7.59. The van der Waals surface area contributed by atoms with Crippen molar-refractivity contribution in [2.24, 2.45) is 5.92 Å². The van der Waals surface area contributed by atoms with Crippen molar-refractivity contribution in [3.05, 3.63) is 62.8 Å². The van der Waals surface area contributed by atoms with Crippen molar-refractivity contribution in [3.63, 3.8) is 0 Å². The van der Waals surface area contributed by atoms with E-state index < -0.39 is 23.7 Å². The number of aliphatic carboxylic acids is 1. The Morgan fingerprint density at radius 2 is 1.74 bits per heavy atom. The number of nitrogens with zero attached hydrogens (tertiary/aromatic N) is 3. The molecule has 0 bridgehead atoms. The van der Waals surface area contributed by atoms with E-state index >= 15 is 4.39 Å². The van der Waals surface area contributed by atoms with E-state index in [-0.39, 0.29) is 62.7 Å². The van der Waals surface area contributed by atoms with Crippen LogP contribution in [0, 0.1) is 25.6 Å². The Balaban J connectivity index is 0.00000462. The number of carboxylic acids is 1. The average Bonchev–Trinajstić information content (AvgIpc) is 2.88. The Morgan fingerprint density at radius 3 is 2.33 bits per heavy atom. The number of carboxylic acid groups (broad SMARTS) is 1. The smallest absolute Gasteiger partial charge is 0.303 e. The highest BCUT2D eigenvalue weighted by Gasteiger charge is 2.30. The van der Waals surface area contributed by atoms with Gasteiger partial charge in [0.1, 0.15) is 5.82 Å². The quantitative estimate of drug-likeness (QED) is 0.285. The first kappa shape index (κ1) is 38.7. The summed E-state index contributed by atoms with van der Waals surface area (Å²) in [4.78, 5) is 43.5. The topological polar surface area (TPSA) is 82.8 Å². The molecular weight excluding hydrogens is 586 g/mol. The van der Waals surface area contributed by atoms with Crippen LogP contribution in [0.5, 0.6) is 0 Å². The van der Waals surface area contributed by atoms with Gasteiger partial charge < -0.3 is 19.5 Å². The molecule has 0 amide bonds. The Morgan fingerprint density at radius 1 is 1.07 bits per heavy atom. The number of piperidine rings is 1. The second kappa shape index (κ2) is 17.3. The predicted molar refractivity (Wildman–Crippen MR) is 183 cm³/mol. The summed E-state index contributed by atoms with van der Waals surface area (Å²) < 4.78 is 17.2. The maximum absolute atomic E-state index is 15.7. The second-order valence-corrected chi connectivity index (χ2v) is 12.6. The Bertz CT molecular complexity index is 1300. The molecule has 0 spiro atoms. The van der Waals surface area contributed by atoms with Crippen molar-refractivity contribution in [3.8, 4) is 0 Å². The van der Waals surface area contributed by atoms with Gasteiger partial charge in [0.05, 0.1) is 12.5 Å². The molecule has 0 saturated carbocycles. The average molecular weight is 638 g/mol. The standard InChI is InChI=1S/C33H48FN3O4.2H2S/c1-21(2)14-29(37-20-25(11-13-35(6)7)22(3)16-31(37)39)30(38)17-26(18-32(40)41)28-19-27(15-23(4)33(28)34)36-12-9-8-10-24(36)5;;/h15-16,19-21,24,26,29H,8-14,17-18H2,1-7H3,(H,40,41);2*1H2/t24-,26-,29?;;/m0../s1. The highest BCUT2D eigenvalue weighted by Crippen LogP contribution is 2.35. The molecule has 1 aromatic heterocycles. The van der Waals surface area contributed by atoms with Crippen LogP contribution in [0.3, 0.4) is 0 Å². The van der Waals surface area contributed by atoms with E-state index in [4.69, 9.17) is 0 Å². The van der Waals surface area contributed by atoms with Crippen LogP contribution < -0.4 is 10.5 Å². The molecule has 2 aromatic rings. The number of carbonyl (C=O) groups excluding carboxylic acids is 1. The third-order valence-electron chi connectivity index (χ3n) is 8.34. The number of aromatic nitrogens is 1. The molecule has 1 aliphatic rings. The summed E-state index contributed by atoms with van der Waals surface area (Å²) in [6.45, 7) is 11.4. The molecule has 1 saturated heterocycles. The first-order chi connectivity index (χ1) is 19.3. The molecule has 2 heterocycles. The molecule has 1 aliphatic heterocycles. The minimum Gasteiger partial charge on any atom is -0.481 e. The predicted octanol–water partition coefficient (Wildman–Crippen LogP) is 6.12. The van der Waals surface area contributed by atoms with Gasteiger partial charge in [-0.2, -0.15) is 27.0 Å². The van der Waals surface area contributed by atoms with Gasteiger partial charge in [-0.25, -0.2) is 4.39 Å².